The maximum Gasteiger partial charge on any atom is 0.243 e. The van der Waals surface area contributed by atoms with Gasteiger partial charge in [-0.2, -0.15) is 5.10 Å². The molecule has 2 aromatic rings. The van der Waals surface area contributed by atoms with Crippen LogP contribution in [0.25, 0.3) is 0 Å². The summed E-state index contributed by atoms with van der Waals surface area (Å²) in [6.07, 6.45) is 0. The number of hydrogen-bond donors (Lipinski definition) is 1. The van der Waals surface area contributed by atoms with E-state index in [9.17, 15) is 12.8 Å². The topological polar surface area (TPSA) is 64.0 Å². The Hall–Kier alpha value is -1.25. The van der Waals surface area contributed by atoms with Crippen molar-refractivity contribution in [2.24, 2.45) is 7.05 Å². The van der Waals surface area contributed by atoms with Crippen LogP contribution in [0.3, 0.4) is 0 Å². The number of rotatable bonds is 4. The van der Waals surface area contributed by atoms with E-state index in [1.165, 1.54) is 12.1 Å². The normalized spacial score (nSPS) is 11.9. The van der Waals surface area contributed by atoms with Gasteiger partial charge < -0.3 is 0 Å². The van der Waals surface area contributed by atoms with E-state index in [0.717, 1.165) is 23.0 Å². The fraction of sp³-hybridized carbons (Fsp3) is 0.308. The van der Waals surface area contributed by atoms with Crippen molar-refractivity contribution >= 4 is 26.0 Å². The molecular weight excluding hydrogens is 361 g/mol. The molecule has 1 aromatic carbocycles. The largest absolute Gasteiger partial charge is 0.272 e. The molecule has 1 N–H and O–H groups in total. The minimum Gasteiger partial charge on any atom is -0.272 e. The van der Waals surface area contributed by atoms with Crippen molar-refractivity contribution in [1.29, 1.82) is 0 Å². The highest BCUT2D eigenvalue weighted by molar-refractivity contribution is 9.10. The van der Waals surface area contributed by atoms with Gasteiger partial charge in [0.1, 0.15) is 10.7 Å². The van der Waals surface area contributed by atoms with E-state index in [1.807, 2.05) is 6.92 Å². The summed E-state index contributed by atoms with van der Waals surface area (Å²) in [5.74, 6) is -0.795. The number of benzene rings is 1. The molecular formula is C13H15BrFN3O2S. The first-order chi connectivity index (χ1) is 9.72. The van der Waals surface area contributed by atoms with Crippen LogP contribution in [-0.4, -0.2) is 18.2 Å². The summed E-state index contributed by atoms with van der Waals surface area (Å²) in [6.45, 7) is 3.73. The van der Waals surface area contributed by atoms with Crippen molar-refractivity contribution in [3.63, 3.8) is 0 Å². The summed E-state index contributed by atoms with van der Waals surface area (Å²) < 4.78 is 42.7. The Labute approximate surface area is 131 Å². The van der Waals surface area contributed by atoms with Crippen LogP contribution in [0.4, 0.5) is 4.39 Å². The number of hydrogen-bond acceptors (Lipinski definition) is 3. The molecule has 0 aliphatic rings. The fourth-order valence-electron chi connectivity index (χ4n) is 2.01. The Kier molecular flexibility index (Phi) is 4.50. The Morgan fingerprint density at radius 3 is 2.57 bits per heavy atom. The van der Waals surface area contributed by atoms with Gasteiger partial charge in [0.25, 0.3) is 0 Å². The van der Waals surface area contributed by atoms with E-state index in [2.05, 4.69) is 25.8 Å². The molecule has 2 rings (SSSR count). The van der Waals surface area contributed by atoms with Gasteiger partial charge in [-0.15, -0.1) is 0 Å². The summed E-state index contributed by atoms with van der Waals surface area (Å²) in [6, 6.07) is 3.83. The van der Waals surface area contributed by atoms with Crippen LogP contribution in [0, 0.1) is 19.7 Å². The molecule has 21 heavy (non-hydrogen) atoms. The van der Waals surface area contributed by atoms with Gasteiger partial charge in [0.05, 0.1) is 5.69 Å². The van der Waals surface area contributed by atoms with Crippen molar-refractivity contribution in [2.75, 3.05) is 0 Å². The summed E-state index contributed by atoms with van der Waals surface area (Å²) in [7, 11) is -2.13. The fourth-order valence-corrected chi connectivity index (χ4v) is 3.40. The van der Waals surface area contributed by atoms with Crippen LogP contribution in [0.15, 0.2) is 27.6 Å². The van der Waals surface area contributed by atoms with E-state index in [1.54, 1.807) is 18.7 Å². The van der Waals surface area contributed by atoms with Gasteiger partial charge in [-0.1, -0.05) is 15.9 Å². The minimum absolute atomic E-state index is 0.0728. The highest BCUT2D eigenvalue weighted by Crippen LogP contribution is 2.20. The van der Waals surface area contributed by atoms with Gasteiger partial charge in [-0.05, 0) is 32.0 Å². The summed E-state index contributed by atoms with van der Waals surface area (Å²) in [5, 5.41) is 4.21. The first kappa shape index (κ1) is 16.1. The molecule has 0 saturated heterocycles. The SMILES string of the molecule is Cc1nn(C)c(C)c1CNS(=O)(=O)c1ccc(Br)cc1F. The van der Waals surface area contributed by atoms with E-state index in [0.29, 0.717) is 4.47 Å². The quantitative estimate of drug-likeness (QED) is 0.892. The molecule has 0 bridgehead atoms. The van der Waals surface area contributed by atoms with Crippen LogP contribution in [0.5, 0.6) is 0 Å². The number of aryl methyl sites for hydroxylation is 2. The molecule has 1 aromatic heterocycles. The van der Waals surface area contributed by atoms with Crippen LogP contribution in [0.2, 0.25) is 0 Å². The molecule has 0 atom stereocenters. The summed E-state index contributed by atoms with van der Waals surface area (Å²) >= 11 is 3.09. The minimum atomic E-state index is -3.91. The van der Waals surface area contributed by atoms with Gasteiger partial charge >= 0.3 is 0 Å². The first-order valence-electron chi connectivity index (χ1n) is 6.16. The second-order valence-corrected chi connectivity index (χ2v) is 7.32. The van der Waals surface area contributed by atoms with Crippen LogP contribution < -0.4 is 4.72 Å². The number of aromatic nitrogens is 2. The second kappa shape index (κ2) is 5.86. The molecule has 0 fully saturated rings. The molecule has 0 unspecified atom stereocenters. The van der Waals surface area contributed by atoms with E-state index in [4.69, 9.17) is 0 Å². The molecule has 0 aliphatic carbocycles. The Morgan fingerprint density at radius 2 is 2.05 bits per heavy atom. The van der Waals surface area contributed by atoms with Gasteiger partial charge in [-0.25, -0.2) is 17.5 Å². The average molecular weight is 376 g/mol. The third-order valence-corrected chi connectivity index (χ3v) is 5.21. The van der Waals surface area contributed by atoms with Gasteiger partial charge in [0.2, 0.25) is 10.0 Å². The first-order valence-corrected chi connectivity index (χ1v) is 8.44. The smallest absolute Gasteiger partial charge is 0.243 e. The summed E-state index contributed by atoms with van der Waals surface area (Å²) in [4.78, 5) is -0.370. The Bertz CT molecular complexity index is 787. The monoisotopic (exact) mass is 375 g/mol. The molecule has 0 radical (unpaired) electrons. The average Bonchev–Trinajstić information content (AvgIpc) is 2.60. The van der Waals surface area contributed by atoms with Crippen molar-refractivity contribution in [2.45, 2.75) is 25.3 Å². The maximum absolute atomic E-state index is 13.8. The zero-order chi connectivity index (χ0) is 15.8. The third-order valence-electron chi connectivity index (χ3n) is 3.28. The van der Waals surface area contributed by atoms with Crippen molar-refractivity contribution in [3.8, 4) is 0 Å². The third kappa shape index (κ3) is 3.33. The summed E-state index contributed by atoms with van der Waals surface area (Å²) in [5.41, 5.74) is 2.40. The highest BCUT2D eigenvalue weighted by Gasteiger charge is 2.20. The van der Waals surface area contributed by atoms with E-state index >= 15 is 0 Å². The predicted molar refractivity (Wildman–Crippen MR) is 80.8 cm³/mol. The lowest BCUT2D eigenvalue weighted by Gasteiger charge is -2.08. The lowest BCUT2D eigenvalue weighted by molar-refractivity contribution is 0.556. The zero-order valence-electron chi connectivity index (χ0n) is 11.8. The number of sulfonamides is 1. The standard InChI is InChI=1S/C13H15BrFN3O2S/c1-8-11(9(2)18(3)17-8)7-16-21(19,20)13-5-4-10(14)6-12(13)15/h4-6,16H,7H2,1-3H3. The molecule has 0 amide bonds. The molecule has 0 aliphatic heterocycles. The van der Waals surface area contributed by atoms with Crippen LogP contribution in [-0.2, 0) is 23.6 Å². The predicted octanol–water partition coefficient (Wildman–Crippen LogP) is 2.42. The molecule has 5 nitrogen and oxygen atoms in total. The van der Waals surface area contributed by atoms with Crippen LogP contribution >= 0.6 is 15.9 Å². The van der Waals surface area contributed by atoms with E-state index in [-0.39, 0.29) is 11.4 Å². The van der Waals surface area contributed by atoms with E-state index < -0.39 is 15.8 Å². The van der Waals surface area contributed by atoms with Crippen molar-refractivity contribution < 1.29 is 12.8 Å². The highest BCUT2D eigenvalue weighted by atomic mass is 79.9. The number of halogens is 2. The van der Waals surface area contributed by atoms with Gasteiger partial charge in [0, 0.05) is 29.3 Å². The molecule has 114 valence electrons. The van der Waals surface area contributed by atoms with Gasteiger partial charge in [-0.3, -0.25) is 4.68 Å². The molecule has 1 heterocycles. The van der Waals surface area contributed by atoms with Gasteiger partial charge in [0.15, 0.2) is 0 Å². The second-order valence-electron chi connectivity index (χ2n) is 4.67. The number of nitrogens with one attached hydrogen (secondary N) is 1. The lowest BCUT2D eigenvalue weighted by atomic mass is 10.2. The maximum atomic E-state index is 13.8. The Morgan fingerprint density at radius 1 is 1.38 bits per heavy atom. The lowest BCUT2D eigenvalue weighted by Crippen LogP contribution is -2.24. The molecule has 8 heteroatoms. The molecule has 0 saturated carbocycles. The van der Waals surface area contributed by atoms with Crippen molar-refractivity contribution in [3.05, 3.63) is 45.4 Å². The zero-order valence-corrected chi connectivity index (χ0v) is 14.2. The van der Waals surface area contributed by atoms with Crippen molar-refractivity contribution in [1.82, 2.24) is 14.5 Å². The Balaban J connectivity index is 2.26. The van der Waals surface area contributed by atoms with Crippen LogP contribution in [0.1, 0.15) is 17.0 Å². The molecule has 0 spiro atoms. The number of nitrogens with zero attached hydrogens (tertiary/aromatic N) is 2.